The fraction of sp³-hybridized carbons (Fsp3) is 0.385. The number of hydrogen-bond donors (Lipinski definition) is 3. The summed E-state index contributed by atoms with van der Waals surface area (Å²) in [4.78, 5) is 0. The van der Waals surface area contributed by atoms with Gasteiger partial charge in [-0.2, -0.15) is 0 Å². The number of phenols is 1. The number of rotatable bonds is 6. The molecule has 3 heteroatoms. The van der Waals surface area contributed by atoms with E-state index in [1.54, 1.807) is 18.2 Å². The zero-order valence-corrected chi connectivity index (χ0v) is 9.61. The number of phenolic OH excluding ortho intramolecular Hbond substituents is 1. The van der Waals surface area contributed by atoms with Crippen LogP contribution in [-0.2, 0) is 0 Å². The molecule has 0 bridgehead atoms. The van der Waals surface area contributed by atoms with Gasteiger partial charge in [0.05, 0.1) is 11.9 Å². The zero-order valence-electron chi connectivity index (χ0n) is 9.61. The Kier molecular flexibility index (Phi) is 5.26. The number of hydrogen-bond acceptors (Lipinski definition) is 3. The van der Waals surface area contributed by atoms with Gasteiger partial charge >= 0.3 is 0 Å². The maximum absolute atomic E-state index is 9.61. The lowest BCUT2D eigenvalue weighted by atomic mass is 10.1. The Morgan fingerprint density at radius 3 is 2.81 bits per heavy atom. The number of anilines is 1. The molecule has 0 spiro atoms. The standard InChI is InChI=1S/C13H19NO2/c1-2-3-4-8-14-12-10-11(7-9-15)5-6-13(12)16/h5-7,9-10,14-16H,2-4,8H2,1H3/b9-7+. The van der Waals surface area contributed by atoms with E-state index in [4.69, 9.17) is 5.11 Å². The molecular weight excluding hydrogens is 202 g/mol. The van der Waals surface area contributed by atoms with Gasteiger partial charge in [-0.3, -0.25) is 0 Å². The van der Waals surface area contributed by atoms with E-state index in [0.717, 1.165) is 24.8 Å². The second-order valence-corrected chi connectivity index (χ2v) is 3.73. The van der Waals surface area contributed by atoms with Crippen LogP contribution in [0, 0.1) is 0 Å². The van der Waals surface area contributed by atoms with Crippen LogP contribution >= 0.6 is 0 Å². The first-order chi connectivity index (χ1) is 7.77. The van der Waals surface area contributed by atoms with Crippen molar-refractivity contribution in [2.24, 2.45) is 0 Å². The molecule has 3 nitrogen and oxygen atoms in total. The van der Waals surface area contributed by atoms with Crippen LogP contribution in [0.4, 0.5) is 5.69 Å². The topological polar surface area (TPSA) is 52.5 Å². The number of unbranched alkanes of at least 4 members (excludes halogenated alkanes) is 2. The molecule has 16 heavy (non-hydrogen) atoms. The van der Waals surface area contributed by atoms with Crippen molar-refractivity contribution in [3.05, 3.63) is 30.0 Å². The maximum atomic E-state index is 9.61. The minimum absolute atomic E-state index is 0.242. The van der Waals surface area contributed by atoms with E-state index in [1.165, 1.54) is 12.8 Å². The molecule has 0 aliphatic heterocycles. The van der Waals surface area contributed by atoms with Gasteiger partial charge in [-0.1, -0.05) is 25.8 Å². The van der Waals surface area contributed by atoms with Crippen LogP contribution in [-0.4, -0.2) is 16.8 Å². The average Bonchev–Trinajstić information content (AvgIpc) is 2.29. The first-order valence-electron chi connectivity index (χ1n) is 5.65. The molecule has 0 aliphatic carbocycles. The maximum Gasteiger partial charge on any atom is 0.138 e. The summed E-state index contributed by atoms with van der Waals surface area (Å²) in [7, 11) is 0. The molecule has 0 unspecified atom stereocenters. The van der Waals surface area contributed by atoms with Crippen molar-refractivity contribution in [2.45, 2.75) is 26.2 Å². The van der Waals surface area contributed by atoms with Gasteiger partial charge in [0, 0.05) is 6.54 Å². The Morgan fingerprint density at radius 1 is 1.31 bits per heavy atom. The summed E-state index contributed by atoms with van der Waals surface area (Å²) in [5, 5.41) is 21.5. The fourth-order valence-corrected chi connectivity index (χ4v) is 1.48. The quantitative estimate of drug-likeness (QED) is 0.391. The van der Waals surface area contributed by atoms with Crippen molar-refractivity contribution in [2.75, 3.05) is 11.9 Å². The SMILES string of the molecule is CCCCCNc1cc(/C=C/O)ccc1O. The number of aliphatic hydroxyl groups excluding tert-OH is 1. The molecule has 0 aromatic heterocycles. The van der Waals surface area contributed by atoms with Gasteiger partial charge in [0.25, 0.3) is 0 Å². The first-order valence-corrected chi connectivity index (χ1v) is 5.65. The van der Waals surface area contributed by atoms with Crippen molar-refractivity contribution < 1.29 is 10.2 Å². The number of aromatic hydroxyl groups is 1. The lowest BCUT2D eigenvalue weighted by Gasteiger charge is -2.08. The van der Waals surface area contributed by atoms with Crippen LogP contribution in [0.25, 0.3) is 6.08 Å². The van der Waals surface area contributed by atoms with Gasteiger partial charge < -0.3 is 15.5 Å². The summed E-state index contributed by atoms with van der Waals surface area (Å²) in [5.74, 6) is 0.242. The molecule has 88 valence electrons. The second-order valence-electron chi connectivity index (χ2n) is 3.73. The third kappa shape index (κ3) is 3.85. The molecule has 1 rings (SSSR count). The molecule has 3 N–H and O–H groups in total. The summed E-state index contributed by atoms with van der Waals surface area (Å²) in [5.41, 5.74) is 1.57. The highest BCUT2D eigenvalue weighted by Crippen LogP contribution is 2.24. The molecular formula is C13H19NO2. The van der Waals surface area contributed by atoms with Crippen LogP contribution in [0.15, 0.2) is 24.5 Å². The van der Waals surface area contributed by atoms with Crippen LogP contribution < -0.4 is 5.32 Å². The van der Waals surface area contributed by atoms with E-state index >= 15 is 0 Å². The van der Waals surface area contributed by atoms with E-state index < -0.39 is 0 Å². The highest BCUT2D eigenvalue weighted by molar-refractivity contribution is 5.63. The van der Waals surface area contributed by atoms with Crippen LogP contribution in [0.2, 0.25) is 0 Å². The monoisotopic (exact) mass is 221 g/mol. The molecule has 0 saturated carbocycles. The predicted molar refractivity (Wildman–Crippen MR) is 67.8 cm³/mol. The summed E-state index contributed by atoms with van der Waals surface area (Å²) in [6.07, 6.45) is 6.03. The minimum Gasteiger partial charge on any atom is -0.516 e. The Morgan fingerprint density at radius 2 is 2.12 bits per heavy atom. The largest absolute Gasteiger partial charge is 0.516 e. The van der Waals surface area contributed by atoms with Gasteiger partial charge in [0.15, 0.2) is 0 Å². The highest BCUT2D eigenvalue weighted by atomic mass is 16.3. The molecule has 0 aliphatic rings. The molecule has 0 fully saturated rings. The molecule has 0 heterocycles. The summed E-state index contributed by atoms with van der Waals surface area (Å²) in [6, 6.07) is 5.19. The number of nitrogens with one attached hydrogen (secondary N) is 1. The summed E-state index contributed by atoms with van der Waals surface area (Å²) in [6.45, 7) is 3.01. The second kappa shape index (κ2) is 6.77. The number of aliphatic hydroxyl groups is 1. The van der Waals surface area contributed by atoms with Gasteiger partial charge in [0.2, 0.25) is 0 Å². The van der Waals surface area contributed by atoms with E-state index in [-0.39, 0.29) is 5.75 Å². The van der Waals surface area contributed by atoms with E-state index in [9.17, 15) is 5.11 Å². The van der Waals surface area contributed by atoms with E-state index in [1.807, 2.05) is 6.07 Å². The lowest BCUT2D eigenvalue weighted by Crippen LogP contribution is -2.01. The van der Waals surface area contributed by atoms with Gasteiger partial charge in [0.1, 0.15) is 5.75 Å². The predicted octanol–water partition coefficient (Wildman–Crippen LogP) is 3.52. The summed E-state index contributed by atoms with van der Waals surface area (Å²) < 4.78 is 0. The molecule has 1 aromatic carbocycles. The van der Waals surface area contributed by atoms with E-state index in [2.05, 4.69) is 12.2 Å². The van der Waals surface area contributed by atoms with Crippen molar-refractivity contribution >= 4 is 11.8 Å². The Bertz CT molecular complexity index is 348. The van der Waals surface area contributed by atoms with E-state index in [0.29, 0.717) is 5.69 Å². The lowest BCUT2D eigenvalue weighted by molar-refractivity contribution is 0.476. The van der Waals surface area contributed by atoms with Crippen molar-refractivity contribution in [1.29, 1.82) is 0 Å². The molecule has 1 aromatic rings. The van der Waals surface area contributed by atoms with Crippen molar-refractivity contribution in [3.63, 3.8) is 0 Å². The highest BCUT2D eigenvalue weighted by Gasteiger charge is 2.00. The van der Waals surface area contributed by atoms with Crippen molar-refractivity contribution in [3.8, 4) is 5.75 Å². The molecule has 0 amide bonds. The molecule has 0 radical (unpaired) electrons. The average molecular weight is 221 g/mol. The summed E-state index contributed by atoms with van der Waals surface area (Å²) >= 11 is 0. The number of benzene rings is 1. The first kappa shape index (κ1) is 12.4. The van der Waals surface area contributed by atoms with Crippen LogP contribution in [0.5, 0.6) is 5.75 Å². The third-order valence-corrected chi connectivity index (χ3v) is 2.38. The fourth-order valence-electron chi connectivity index (χ4n) is 1.48. The normalized spacial score (nSPS) is 10.8. The Balaban J connectivity index is 2.59. The smallest absolute Gasteiger partial charge is 0.138 e. The molecule has 0 atom stereocenters. The van der Waals surface area contributed by atoms with Gasteiger partial charge in [-0.05, 0) is 30.2 Å². The minimum atomic E-state index is 0.242. The van der Waals surface area contributed by atoms with Crippen LogP contribution in [0.1, 0.15) is 31.7 Å². The van der Waals surface area contributed by atoms with Gasteiger partial charge in [-0.25, -0.2) is 0 Å². The van der Waals surface area contributed by atoms with Crippen LogP contribution in [0.3, 0.4) is 0 Å². The molecule has 0 saturated heterocycles. The van der Waals surface area contributed by atoms with Gasteiger partial charge in [-0.15, -0.1) is 0 Å². The third-order valence-electron chi connectivity index (χ3n) is 2.38. The van der Waals surface area contributed by atoms with Crippen molar-refractivity contribution in [1.82, 2.24) is 0 Å². The Labute approximate surface area is 96.4 Å². The Hall–Kier alpha value is -1.64. The zero-order chi connectivity index (χ0) is 11.8.